The Morgan fingerprint density at radius 3 is 1.92 bits per heavy atom. The Balaban J connectivity index is 4.25. The van der Waals surface area contributed by atoms with E-state index in [1.165, 1.54) is 12.8 Å². The standard InChI is InChI=1S/C11H22O/c1-5-8-9-11(6-2,7-3)10(4)12/h5-9H2,1-4H3. The number of Topliss-reactive ketones (excluding diaryl/α,β-unsaturated/α-hetero) is 1. The van der Waals surface area contributed by atoms with Crippen LogP contribution in [0.2, 0.25) is 0 Å². The number of ketones is 1. The lowest BCUT2D eigenvalue weighted by atomic mass is 9.75. The highest BCUT2D eigenvalue weighted by Crippen LogP contribution is 2.33. The van der Waals surface area contributed by atoms with Crippen LogP contribution >= 0.6 is 0 Å². The van der Waals surface area contributed by atoms with Crippen molar-refractivity contribution in [3.63, 3.8) is 0 Å². The first kappa shape index (κ1) is 11.7. The van der Waals surface area contributed by atoms with Crippen molar-refractivity contribution < 1.29 is 4.79 Å². The van der Waals surface area contributed by atoms with Crippen LogP contribution in [0.1, 0.15) is 59.8 Å². The summed E-state index contributed by atoms with van der Waals surface area (Å²) in [6.07, 6.45) is 5.44. The van der Waals surface area contributed by atoms with Gasteiger partial charge in [0.15, 0.2) is 0 Å². The maximum Gasteiger partial charge on any atom is 0.135 e. The molecule has 12 heavy (non-hydrogen) atoms. The van der Waals surface area contributed by atoms with Gasteiger partial charge in [-0.15, -0.1) is 0 Å². The molecule has 0 unspecified atom stereocenters. The van der Waals surface area contributed by atoms with Gasteiger partial charge in [0.25, 0.3) is 0 Å². The topological polar surface area (TPSA) is 17.1 Å². The van der Waals surface area contributed by atoms with Crippen LogP contribution in [0.25, 0.3) is 0 Å². The second-order valence-electron chi connectivity index (χ2n) is 3.65. The molecule has 0 spiro atoms. The summed E-state index contributed by atoms with van der Waals surface area (Å²) in [4.78, 5) is 11.4. The lowest BCUT2D eigenvalue weighted by Gasteiger charge is -2.28. The highest BCUT2D eigenvalue weighted by atomic mass is 16.1. The normalized spacial score (nSPS) is 11.7. The maximum atomic E-state index is 11.4. The smallest absolute Gasteiger partial charge is 0.135 e. The van der Waals surface area contributed by atoms with Crippen molar-refractivity contribution in [3.8, 4) is 0 Å². The minimum absolute atomic E-state index is 0.00396. The Hall–Kier alpha value is -0.330. The van der Waals surface area contributed by atoms with Crippen LogP contribution < -0.4 is 0 Å². The maximum absolute atomic E-state index is 11.4. The monoisotopic (exact) mass is 170 g/mol. The number of rotatable bonds is 6. The summed E-state index contributed by atoms with van der Waals surface area (Å²) in [5, 5.41) is 0. The molecule has 0 aromatic rings. The molecule has 0 amide bonds. The summed E-state index contributed by atoms with van der Waals surface area (Å²) >= 11 is 0. The number of hydrogen-bond donors (Lipinski definition) is 0. The van der Waals surface area contributed by atoms with Gasteiger partial charge in [0, 0.05) is 5.41 Å². The SMILES string of the molecule is CCCCC(CC)(CC)C(C)=O. The average molecular weight is 170 g/mol. The second-order valence-corrected chi connectivity index (χ2v) is 3.65. The zero-order valence-corrected chi connectivity index (χ0v) is 8.94. The average Bonchev–Trinajstić information content (AvgIpc) is 2.07. The van der Waals surface area contributed by atoms with E-state index in [4.69, 9.17) is 0 Å². The van der Waals surface area contributed by atoms with Gasteiger partial charge in [-0.2, -0.15) is 0 Å². The van der Waals surface area contributed by atoms with Gasteiger partial charge in [-0.25, -0.2) is 0 Å². The zero-order valence-electron chi connectivity index (χ0n) is 8.94. The molecule has 1 nitrogen and oxygen atoms in total. The summed E-state index contributed by atoms with van der Waals surface area (Å²) in [5.41, 5.74) is -0.00396. The predicted octanol–water partition coefficient (Wildman–Crippen LogP) is 3.57. The van der Waals surface area contributed by atoms with Crippen molar-refractivity contribution in [1.82, 2.24) is 0 Å². The van der Waals surface area contributed by atoms with Crippen LogP contribution in [0.3, 0.4) is 0 Å². The molecule has 0 atom stereocenters. The molecular formula is C11H22O. The third-order valence-corrected chi connectivity index (χ3v) is 3.11. The van der Waals surface area contributed by atoms with Crippen LogP contribution in [0.4, 0.5) is 0 Å². The summed E-state index contributed by atoms with van der Waals surface area (Å²) in [7, 11) is 0. The van der Waals surface area contributed by atoms with E-state index in [0.29, 0.717) is 5.78 Å². The quantitative estimate of drug-likeness (QED) is 0.595. The predicted molar refractivity (Wildman–Crippen MR) is 53.2 cm³/mol. The van der Waals surface area contributed by atoms with Crippen molar-refractivity contribution in [2.75, 3.05) is 0 Å². The van der Waals surface area contributed by atoms with Crippen molar-refractivity contribution >= 4 is 5.78 Å². The van der Waals surface area contributed by atoms with E-state index >= 15 is 0 Å². The Morgan fingerprint density at radius 2 is 1.67 bits per heavy atom. The fraction of sp³-hybridized carbons (Fsp3) is 0.909. The summed E-state index contributed by atoms with van der Waals surface area (Å²) in [5.74, 6) is 0.376. The van der Waals surface area contributed by atoms with Gasteiger partial charge in [-0.3, -0.25) is 4.79 Å². The molecule has 0 N–H and O–H groups in total. The van der Waals surface area contributed by atoms with E-state index in [1.807, 2.05) is 0 Å². The molecule has 0 aliphatic carbocycles. The Bertz CT molecular complexity index is 134. The summed E-state index contributed by atoms with van der Waals surface area (Å²) in [6, 6.07) is 0. The molecule has 1 heteroatoms. The van der Waals surface area contributed by atoms with Crippen LogP contribution in [-0.4, -0.2) is 5.78 Å². The van der Waals surface area contributed by atoms with E-state index in [9.17, 15) is 4.79 Å². The van der Waals surface area contributed by atoms with Crippen molar-refractivity contribution in [3.05, 3.63) is 0 Å². The third kappa shape index (κ3) is 2.62. The molecule has 0 aromatic heterocycles. The molecule has 0 saturated carbocycles. The van der Waals surface area contributed by atoms with Crippen molar-refractivity contribution in [2.24, 2.45) is 5.41 Å². The largest absolute Gasteiger partial charge is 0.299 e. The van der Waals surface area contributed by atoms with Gasteiger partial charge in [0.2, 0.25) is 0 Å². The van der Waals surface area contributed by atoms with Crippen LogP contribution in [-0.2, 0) is 4.79 Å². The third-order valence-electron chi connectivity index (χ3n) is 3.11. The highest BCUT2D eigenvalue weighted by Gasteiger charge is 2.30. The molecule has 0 saturated heterocycles. The van der Waals surface area contributed by atoms with Gasteiger partial charge >= 0.3 is 0 Å². The number of carbonyl (C=O) groups excluding carboxylic acids is 1. The van der Waals surface area contributed by atoms with E-state index in [0.717, 1.165) is 19.3 Å². The Labute approximate surface area is 76.6 Å². The molecule has 72 valence electrons. The van der Waals surface area contributed by atoms with Crippen LogP contribution in [0.15, 0.2) is 0 Å². The Morgan fingerprint density at radius 1 is 1.17 bits per heavy atom. The second kappa shape index (κ2) is 5.34. The fourth-order valence-electron chi connectivity index (χ4n) is 1.79. The minimum atomic E-state index is -0.00396. The molecule has 0 bridgehead atoms. The zero-order chi connectivity index (χ0) is 9.61. The number of hydrogen-bond acceptors (Lipinski definition) is 1. The Kier molecular flexibility index (Phi) is 5.19. The van der Waals surface area contributed by atoms with E-state index in [2.05, 4.69) is 20.8 Å². The molecule has 0 heterocycles. The van der Waals surface area contributed by atoms with Crippen molar-refractivity contribution in [1.29, 1.82) is 0 Å². The van der Waals surface area contributed by atoms with Crippen LogP contribution in [0, 0.1) is 5.41 Å². The molecule has 0 aliphatic heterocycles. The number of unbranched alkanes of at least 4 members (excludes halogenated alkanes) is 1. The molecule has 0 fully saturated rings. The first-order valence-electron chi connectivity index (χ1n) is 5.14. The fourth-order valence-corrected chi connectivity index (χ4v) is 1.79. The van der Waals surface area contributed by atoms with Gasteiger partial charge in [0.05, 0.1) is 0 Å². The van der Waals surface area contributed by atoms with Gasteiger partial charge in [-0.05, 0) is 26.2 Å². The molecule has 0 radical (unpaired) electrons. The van der Waals surface area contributed by atoms with E-state index in [1.54, 1.807) is 6.92 Å². The summed E-state index contributed by atoms with van der Waals surface area (Å²) in [6.45, 7) is 8.17. The molecule has 0 aromatic carbocycles. The van der Waals surface area contributed by atoms with Gasteiger partial charge in [-0.1, -0.05) is 33.6 Å². The lowest BCUT2D eigenvalue weighted by molar-refractivity contribution is -0.127. The first-order chi connectivity index (χ1) is 5.63. The molecule has 0 aliphatic rings. The van der Waals surface area contributed by atoms with Crippen LogP contribution in [0.5, 0.6) is 0 Å². The van der Waals surface area contributed by atoms with Gasteiger partial charge < -0.3 is 0 Å². The number of carbonyl (C=O) groups is 1. The molecular weight excluding hydrogens is 148 g/mol. The first-order valence-corrected chi connectivity index (χ1v) is 5.14. The van der Waals surface area contributed by atoms with E-state index in [-0.39, 0.29) is 5.41 Å². The minimum Gasteiger partial charge on any atom is -0.299 e. The highest BCUT2D eigenvalue weighted by molar-refractivity contribution is 5.82. The summed E-state index contributed by atoms with van der Waals surface area (Å²) < 4.78 is 0. The van der Waals surface area contributed by atoms with Crippen molar-refractivity contribution in [2.45, 2.75) is 59.8 Å². The van der Waals surface area contributed by atoms with E-state index < -0.39 is 0 Å². The van der Waals surface area contributed by atoms with Gasteiger partial charge in [0.1, 0.15) is 5.78 Å². The molecule has 0 rings (SSSR count). The lowest BCUT2D eigenvalue weighted by Crippen LogP contribution is -2.27.